The lowest BCUT2D eigenvalue weighted by Crippen LogP contribution is -2.55. The molecule has 0 spiro atoms. The Morgan fingerprint density at radius 2 is 1.65 bits per heavy atom. The molecule has 0 aromatic heterocycles. The van der Waals surface area contributed by atoms with Gasteiger partial charge in [0.25, 0.3) is 5.91 Å². The molecule has 3 fully saturated rings. The zero-order chi connectivity index (χ0) is 25.5. The van der Waals surface area contributed by atoms with Crippen LogP contribution in [-0.2, 0) is 4.79 Å². The molecule has 6 rings (SSSR count). The van der Waals surface area contributed by atoms with Crippen LogP contribution in [0.4, 0.5) is 15.3 Å². The maximum Gasteiger partial charge on any atom is 0.327 e. The number of nitrogens with one attached hydrogen (secondary N) is 1. The molecule has 2 saturated heterocycles. The van der Waals surface area contributed by atoms with Crippen LogP contribution >= 0.6 is 0 Å². The number of fused-ring (bicyclic) bond motifs is 1. The molecule has 3 aliphatic rings. The average molecular weight is 497 g/mol. The third-order valence-electron chi connectivity index (χ3n) is 7.53. The summed E-state index contributed by atoms with van der Waals surface area (Å²) in [4.78, 5) is 44.4. The SMILES string of the molecule is COc1ccc(C2CC2N2C(=O)[C@@H]3CN(C(=O)Nc4ccccc4-c4ccccc4)CCN3C2=O)cc1. The molecule has 1 saturated carbocycles. The van der Waals surface area contributed by atoms with Crippen molar-refractivity contribution in [3.63, 3.8) is 0 Å². The molecule has 3 atom stereocenters. The van der Waals surface area contributed by atoms with Crippen molar-refractivity contribution in [2.24, 2.45) is 0 Å². The first kappa shape index (κ1) is 23.1. The molecular weight excluding hydrogens is 468 g/mol. The molecule has 2 heterocycles. The van der Waals surface area contributed by atoms with E-state index >= 15 is 0 Å². The normalized spacial score (nSPS) is 22.6. The molecule has 0 bridgehead atoms. The van der Waals surface area contributed by atoms with E-state index in [4.69, 9.17) is 4.74 Å². The Bertz CT molecular complexity index is 1340. The number of hydrogen-bond donors (Lipinski definition) is 1. The maximum atomic E-state index is 13.4. The highest BCUT2D eigenvalue weighted by Crippen LogP contribution is 2.47. The number of imide groups is 1. The minimum absolute atomic E-state index is 0.133. The van der Waals surface area contributed by atoms with Crippen LogP contribution in [0.5, 0.6) is 5.75 Å². The lowest BCUT2D eigenvalue weighted by molar-refractivity contribution is -0.129. The summed E-state index contributed by atoms with van der Waals surface area (Å²) < 4.78 is 5.23. The lowest BCUT2D eigenvalue weighted by atomic mass is 10.0. The second kappa shape index (κ2) is 9.28. The molecule has 1 aliphatic carbocycles. The highest BCUT2D eigenvalue weighted by Gasteiger charge is 2.56. The second-order valence-corrected chi connectivity index (χ2v) is 9.67. The topological polar surface area (TPSA) is 82.2 Å². The Morgan fingerprint density at radius 1 is 0.919 bits per heavy atom. The van der Waals surface area contributed by atoms with Crippen LogP contribution in [0, 0.1) is 0 Å². The number of carbonyl (C=O) groups is 3. The van der Waals surface area contributed by atoms with Gasteiger partial charge in [-0.2, -0.15) is 0 Å². The van der Waals surface area contributed by atoms with Crippen LogP contribution in [0.15, 0.2) is 78.9 Å². The van der Waals surface area contributed by atoms with Gasteiger partial charge in [0.15, 0.2) is 0 Å². The number of ether oxygens (including phenoxy) is 1. The van der Waals surface area contributed by atoms with Crippen LogP contribution in [0.25, 0.3) is 11.1 Å². The van der Waals surface area contributed by atoms with E-state index in [-0.39, 0.29) is 36.5 Å². The highest BCUT2D eigenvalue weighted by atomic mass is 16.5. The minimum atomic E-state index is -0.645. The molecule has 188 valence electrons. The van der Waals surface area contributed by atoms with Gasteiger partial charge in [-0.05, 0) is 35.7 Å². The molecular formula is C29H28N4O4. The van der Waals surface area contributed by atoms with Crippen molar-refractivity contribution in [3.05, 3.63) is 84.4 Å². The van der Waals surface area contributed by atoms with E-state index in [2.05, 4.69) is 5.32 Å². The van der Waals surface area contributed by atoms with Gasteiger partial charge in [0.2, 0.25) is 0 Å². The summed E-state index contributed by atoms with van der Waals surface area (Å²) in [5.74, 6) is 0.693. The fourth-order valence-electron chi connectivity index (χ4n) is 5.44. The number of anilines is 1. The molecule has 2 unspecified atom stereocenters. The molecule has 2 aliphatic heterocycles. The van der Waals surface area contributed by atoms with Crippen LogP contribution in [-0.4, -0.2) is 71.5 Å². The van der Waals surface area contributed by atoms with Gasteiger partial charge in [0, 0.05) is 30.6 Å². The van der Waals surface area contributed by atoms with Crippen molar-refractivity contribution in [2.45, 2.75) is 24.4 Å². The molecule has 3 aromatic rings. The van der Waals surface area contributed by atoms with Gasteiger partial charge in [-0.15, -0.1) is 0 Å². The van der Waals surface area contributed by atoms with Crippen molar-refractivity contribution >= 4 is 23.7 Å². The molecule has 1 N–H and O–H groups in total. The summed E-state index contributed by atoms with van der Waals surface area (Å²) in [7, 11) is 1.62. The maximum absolute atomic E-state index is 13.4. The van der Waals surface area contributed by atoms with Crippen molar-refractivity contribution in [2.75, 3.05) is 32.1 Å². The number of methoxy groups -OCH3 is 1. The number of piperazine rings is 1. The number of carbonyl (C=O) groups excluding carboxylic acids is 3. The Labute approximate surface area is 215 Å². The summed E-state index contributed by atoms with van der Waals surface area (Å²) in [6.07, 6.45) is 0.755. The molecule has 8 nitrogen and oxygen atoms in total. The summed E-state index contributed by atoms with van der Waals surface area (Å²) in [6, 6.07) is 24.0. The van der Waals surface area contributed by atoms with E-state index in [1.54, 1.807) is 16.9 Å². The fraction of sp³-hybridized carbons (Fsp3) is 0.276. The Morgan fingerprint density at radius 3 is 2.41 bits per heavy atom. The smallest absolute Gasteiger partial charge is 0.327 e. The summed E-state index contributed by atoms with van der Waals surface area (Å²) >= 11 is 0. The number of para-hydroxylation sites is 1. The first-order chi connectivity index (χ1) is 18.0. The van der Waals surface area contributed by atoms with Crippen molar-refractivity contribution in [1.82, 2.24) is 14.7 Å². The van der Waals surface area contributed by atoms with E-state index in [1.165, 1.54) is 4.90 Å². The predicted octanol–water partition coefficient (Wildman–Crippen LogP) is 4.40. The van der Waals surface area contributed by atoms with Crippen LogP contribution in [0.2, 0.25) is 0 Å². The summed E-state index contributed by atoms with van der Waals surface area (Å²) in [5, 5.41) is 3.02. The second-order valence-electron chi connectivity index (χ2n) is 9.67. The first-order valence-electron chi connectivity index (χ1n) is 12.5. The van der Waals surface area contributed by atoms with Gasteiger partial charge >= 0.3 is 12.1 Å². The Kier molecular flexibility index (Phi) is 5.79. The molecule has 5 amide bonds. The van der Waals surface area contributed by atoms with Gasteiger partial charge in [-0.3, -0.25) is 9.69 Å². The van der Waals surface area contributed by atoms with Gasteiger partial charge in [-0.25, -0.2) is 9.59 Å². The van der Waals surface area contributed by atoms with E-state index in [9.17, 15) is 14.4 Å². The van der Waals surface area contributed by atoms with Gasteiger partial charge in [0.1, 0.15) is 11.8 Å². The van der Waals surface area contributed by atoms with E-state index in [1.807, 2.05) is 78.9 Å². The Balaban J connectivity index is 1.13. The molecule has 3 aromatic carbocycles. The highest BCUT2D eigenvalue weighted by molar-refractivity contribution is 6.06. The lowest BCUT2D eigenvalue weighted by Gasteiger charge is -2.35. The van der Waals surface area contributed by atoms with Crippen LogP contribution in [0.3, 0.4) is 0 Å². The fourth-order valence-corrected chi connectivity index (χ4v) is 5.44. The zero-order valence-corrected chi connectivity index (χ0v) is 20.5. The minimum Gasteiger partial charge on any atom is -0.497 e. The molecule has 8 heteroatoms. The van der Waals surface area contributed by atoms with Crippen LogP contribution in [0.1, 0.15) is 17.9 Å². The van der Waals surface area contributed by atoms with Crippen molar-refractivity contribution in [3.8, 4) is 16.9 Å². The van der Waals surface area contributed by atoms with Crippen molar-refractivity contribution < 1.29 is 19.1 Å². The van der Waals surface area contributed by atoms with Gasteiger partial charge < -0.3 is 19.9 Å². The first-order valence-corrected chi connectivity index (χ1v) is 12.5. The number of benzene rings is 3. The number of urea groups is 2. The summed E-state index contributed by atoms with van der Waals surface area (Å²) in [6.45, 7) is 0.884. The number of amides is 5. The molecule has 37 heavy (non-hydrogen) atoms. The van der Waals surface area contributed by atoms with E-state index in [0.29, 0.717) is 18.8 Å². The Hall–Kier alpha value is -4.33. The largest absolute Gasteiger partial charge is 0.497 e. The zero-order valence-electron chi connectivity index (χ0n) is 20.5. The summed E-state index contributed by atoms with van der Waals surface area (Å²) in [5.41, 5.74) is 3.73. The van der Waals surface area contributed by atoms with Crippen molar-refractivity contribution in [1.29, 1.82) is 0 Å². The van der Waals surface area contributed by atoms with Gasteiger partial charge in [0.05, 0.1) is 19.3 Å². The monoisotopic (exact) mass is 496 g/mol. The average Bonchev–Trinajstić information content (AvgIpc) is 3.69. The molecule has 0 radical (unpaired) electrons. The number of nitrogens with zero attached hydrogens (tertiary/aromatic N) is 3. The predicted molar refractivity (Wildman–Crippen MR) is 139 cm³/mol. The number of hydrogen-bond acceptors (Lipinski definition) is 4. The van der Waals surface area contributed by atoms with E-state index < -0.39 is 6.04 Å². The van der Waals surface area contributed by atoms with Crippen LogP contribution < -0.4 is 10.1 Å². The standard InChI is InChI=1S/C29H28N4O4/c1-37-21-13-11-20(12-14-21)23-17-25(23)33-27(34)26-18-31(15-16-32(26)29(33)36)28(35)30-24-10-6-5-9-22(24)19-7-3-2-4-8-19/h2-14,23,25-26H,15-18H2,1H3,(H,30,35)/t23?,25?,26-/m0/s1. The third-order valence-corrected chi connectivity index (χ3v) is 7.53. The van der Waals surface area contributed by atoms with E-state index in [0.717, 1.165) is 28.9 Å². The number of rotatable bonds is 5. The van der Waals surface area contributed by atoms with Gasteiger partial charge in [-0.1, -0.05) is 60.7 Å². The third kappa shape index (κ3) is 4.18. The quantitative estimate of drug-likeness (QED) is 0.531.